The van der Waals surface area contributed by atoms with Crippen molar-refractivity contribution in [1.82, 2.24) is 4.98 Å². The molecule has 2 amide bonds. The Bertz CT molecular complexity index is 1400. The van der Waals surface area contributed by atoms with E-state index in [0.717, 1.165) is 22.0 Å². The number of hydrogen-bond acceptors (Lipinski definition) is 6. The van der Waals surface area contributed by atoms with Crippen molar-refractivity contribution in [3.05, 3.63) is 74.7 Å². The maximum atomic E-state index is 13.7. The average molecular weight is 504 g/mol. The summed E-state index contributed by atoms with van der Waals surface area (Å²) in [6.07, 6.45) is 0.906. The number of carbonyl (C=O) groups is 2. The number of amides is 2. The number of thiazole rings is 1. The number of aromatic amines is 1. The number of carbonyl (C=O) groups excluding carboxylic acids is 2. The van der Waals surface area contributed by atoms with Gasteiger partial charge in [0, 0.05) is 35.8 Å². The Morgan fingerprint density at radius 1 is 0.914 bits per heavy atom. The molecule has 2 bridgehead atoms. The van der Waals surface area contributed by atoms with Gasteiger partial charge in [-0.05, 0) is 54.0 Å². The van der Waals surface area contributed by atoms with Crippen molar-refractivity contribution in [2.24, 2.45) is 29.6 Å². The Morgan fingerprint density at radius 2 is 1.60 bits per heavy atom. The molecule has 4 aliphatic rings. The smallest absolute Gasteiger partial charge is 0.305 e. The molecule has 2 aliphatic carbocycles. The third-order valence-corrected chi connectivity index (χ3v) is 11.1. The fourth-order valence-electron chi connectivity index (χ4n) is 7.20. The molecule has 0 unspecified atom stereocenters. The van der Waals surface area contributed by atoms with Crippen LogP contribution in [-0.2, 0) is 9.59 Å². The van der Waals surface area contributed by atoms with Crippen LogP contribution in [0.1, 0.15) is 22.8 Å². The van der Waals surface area contributed by atoms with Crippen LogP contribution in [-0.4, -0.2) is 36.1 Å². The van der Waals surface area contributed by atoms with Gasteiger partial charge in [0.1, 0.15) is 0 Å². The van der Waals surface area contributed by atoms with E-state index in [1.807, 2.05) is 44.4 Å². The molecule has 2 aromatic carbocycles. The van der Waals surface area contributed by atoms with E-state index in [1.54, 1.807) is 11.8 Å². The summed E-state index contributed by atoms with van der Waals surface area (Å²) in [5, 5.41) is 1.16. The second-order valence-corrected chi connectivity index (χ2v) is 12.5. The Labute approximate surface area is 211 Å². The van der Waals surface area contributed by atoms with Crippen LogP contribution in [0.15, 0.2) is 64.4 Å². The van der Waals surface area contributed by atoms with Gasteiger partial charge >= 0.3 is 4.87 Å². The van der Waals surface area contributed by atoms with Crippen molar-refractivity contribution in [2.75, 3.05) is 23.9 Å². The Kier molecular flexibility index (Phi) is 4.64. The van der Waals surface area contributed by atoms with E-state index in [4.69, 9.17) is 0 Å². The summed E-state index contributed by atoms with van der Waals surface area (Å²) < 4.78 is 0. The Hall–Kier alpha value is -2.84. The molecular formula is C27H25N3O3S2. The van der Waals surface area contributed by atoms with Gasteiger partial charge in [-0.15, -0.1) is 11.8 Å². The molecule has 8 heteroatoms. The van der Waals surface area contributed by atoms with Crippen molar-refractivity contribution in [3.63, 3.8) is 0 Å². The topological polar surface area (TPSA) is 73.5 Å². The van der Waals surface area contributed by atoms with Gasteiger partial charge in [0.25, 0.3) is 0 Å². The number of fused-ring (bicyclic) bond motifs is 9. The number of imide groups is 1. The molecule has 1 saturated heterocycles. The van der Waals surface area contributed by atoms with Crippen LogP contribution in [0.3, 0.4) is 0 Å². The first kappa shape index (κ1) is 21.4. The Balaban J connectivity index is 1.32. The molecule has 6 nitrogen and oxygen atoms in total. The van der Waals surface area contributed by atoms with Gasteiger partial charge in [-0.2, -0.15) is 0 Å². The highest BCUT2D eigenvalue weighted by Gasteiger charge is 2.69. The summed E-state index contributed by atoms with van der Waals surface area (Å²) in [4.78, 5) is 47.3. The third kappa shape index (κ3) is 2.93. The van der Waals surface area contributed by atoms with Crippen LogP contribution in [0.25, 0.3) is 0 Å². The summed E-state index contributed by atoms with van der Waals surface area (Å²) in [5.41, 5.74) is 2.98. The number of benzene rings is 2. The number of anilines is 2. The first-order chi connectivity index (χ1) is 16.9. The number of thioether (sulfide) groups is 1. The fraction of sp³-hybridized carbons (Fsp3) is 0.370. The predicted octanol–water partition coefficient (Wildman–Crippen LogP) is 4.18. The van der Waals surface area contributed by atoms with Crippen molar-refractivity contribution in [1.29, 1.82) is 0 Å². The molecule has 1 aromatic heterocycles. The molecule has 2 aliphatic heterocycles. The van der Waals surface area contributed by atoms with E-state index in [1.165, 1.54) is 21.8 Å². The number of para-hydroxylation sites is 1. The van der Waals surface area contributed by atoms with E-state index < -0.39 is 0 Å². The van der Waals surface area contributed by atoms with E-state index in [9.17, 15) is 14.4 Å². The van der Waals surface area contributed by atoms with Crippen LogP contribution in [0.4, 0.5) is 11.4 Å². The zero-order chi connectivity index (χ0) is 24.0. The van der Waals surface area contributed by atoms with Gasteiger partial charge in [0.05, 0.1) is 22.5 Å². The van der Waals surface area contributed by atoms with Crippen molar-refractivity contribution >= 4 is 46.3 Å². The predicted molar refractivity (Wildman–Crippen MR) is 138 cm³/mol. The lowest BCUT2D eigenvalue weighted by molar-refractivity contribution is -0.123. The highest BCUT2D eigenvalue weighted by atomic mass is 32.2. The number of rotatable bonds is 3. The molecular weight excluding hydrogens is 478 g/mol. The van der Waals surface area contributed by atoms with E-state index in [2.05, 4.69) is 34.1 Å². The van der Waals surface area contributed by atoms with Crippen LogP contribution in [0.5, 0.6) is 0 Å². The molecule has 0 spiro atoms. The maximum absolute atomic E-state index is 13.7. The summed E-state index contributed by atoms with van der Waals surface area (Å²) in [5.74, 6) is -0.0580. The molecule has 3 fully saturated rings. The lowest BCUT2D eigenvalue weighted by atomic mass is 9.68. The van der Waals surface area contributed by atoms with Gasteiger partial charge in [-0.25, -0.2) is 0 Å². The molecule has 0 radical (unpaired) electrons. The standard InChI is InChI=1S/C27H25N3O3S2/c1-29(2)14-10-8-13(9-11-14)18-19-16-12-17(22(19)34-24-23(18)35-27(33)28-24)21-20(16)25(31)30(26(21)32)15-6-4-3-5-7-15/h3-11,16-22H,12H2,1-2H3,(H,28,33)/t16-,17+,18+,19-,20+,21+,22+/m0/s1. The molecule has 3 heterocycles. The Morgan fingerprint density at radius 3 is 2.29 bits per heavy atom. The summed E-state index contributed by atoms with van der Waals surface area (Å²) in [6, 6.07) is 17.9. The minimum absolute atomic E-state index is 0.0349. The van der Waals surface area contributed by atoms with E-state index in [0.29, 0.717) is 5.69 Å². The lowest BCUT2D eigenvalue weighted by Crippen LogP contribution is -2.42. The van der Waals surface area contributed by atoms with Crippen LogP contribution in [0.2, 0.25) is 0 Å². The normalized spacial score (nSPS) is 32.5. The zero-order valence-electron chi connectivity index (χ0n) is 19.4. The molecule has 178 valence electrons. The van der Waals surface area contributed by atoms with Gasteiger partial charge in [0.2, 0.25) is 11.8 Å². The van der Waals surface area contributed by atoms with Crippen LogP contribution < -0.4 is 14.7 Å². The minimum Gasteiger partial charge on any atom is -0.378 e. The van der Waals surface area contributed by atoms with Crippen molar-refractivity contribution < 1.29 is 9.59 Å². The van der Waals surface area contributed by atoms with Crippen molar-refractivity contribution in [3.8, 4) is 0 Å². The lowest BCUT2D eigenvalue weighted by Gasteiger charge is -2.43. The molecule has 2 saturated carbocycles. The number of hydrogen-bond donors (Lipinski definition) is 1. The molecule has 7 atom stereocenters. The monoisotopic (exact) mass is 503 g/mol. The fourth-order valence-corrected chi connectivity index (χ4v) is 10.1. The highest BCUT2D eigenvalue weighted by molar-refractivity contribution is 8.00. The number of H-pyrrole nitrogens is 1. The maximum Gasteiger partial charge on any atom is 0.305 e. The first-order valence-electron chi connectivity index (χ1n) is 12.0. The summed E-state index contributed by atoms with van der Waals surface area (Å²) in [7, 11) is 4.05. The SMILES string of the molecule is CN(C)c1ccc([C@H]2c3sc(=O)[nH]c3S[C@@H]3[C@@H]4C[C@H]([C@H]5C(=O)N(c6ccccc6)C(=O)[C@H]45)[C@@H]23)cc1. The van der Waals surface area contributed by atoms with Gasteiger partial charge in [-0.3, -0.25) is 19.3 Å². The average Bonchev–Trinajstić information content (AvgIpc) is 3.58. The van der Waals surface area contributed by atoms with Gasteiger partial charge in [-0.1, -0.05) is 41.7 Å². The number of aromatic nitrogens is 1. The second-order valence-electron chi connectivity index (χ2n) is 10.3. The highest BCUT2D eigenvalue weighted by Crippen LogP contribution is 2.68. The second kappa shape index (κ2) is 7.58. The molecule has 3 aromatic rings. The number of nitrogens with zero attached hydrogens (tertiary/aromatic N) is 2. The molecule has 7 rings (SSSR count). The van der Waals surface area contributed by atoms with Crippen LogP contribution in [0, 0.1) is 29.6 Å². The first-order valence-corrected chi connectivity index (χ1v) is 13.7. The molecule has 35 heavy (non-hydrogen) atoms. The summed E-state index contributed by atoms with van der Waals surface area (Å²) >= 11 is 3.03. The van der Waals surface area contributed by atoms with E-state index >= 15 is 0 Å². The third-order valence-electron chi connectivity index (χ3n) is 8.51. The minimum atomic E-state index is -0.268. The largest absolute Gasteiger partial charge is 0.378 e. The summed E-state index contributed by atoms with van der Waals surface area (Å²) in [6.45, 7) is 0. The van der Waals surface area contributed by atoms with Crippen molar-refractivity contribution in [2.45, 2.75) is 22.6 Å². The zero-order valence-corrected chi connectivity index (χ0v) is 21.0. The quantitative estimate of drug-likeness (QED) is 0.543. The van der Waals surface area contributed by atoms with Gasteiger partial charge < -0.3 is 9.88 Å². The van der Waals surface area contributed by atoms with E-state index in [-0.39, 0.29) is 57.4 Å². The van der Waals surface area contributed by atoms with Crippen LogP contribution >= 0.6 is 23.1 Å². The number of nitrogens with one attached hydrogen (secondary N) is 1. The van der Waals surface area contributed by atoms with Gasteiger partial charge in [0.15, 0.2) is 0 Å². The molecule has 1 N–H and O–H groups in total.